The van der Waals surface area contributed by atoms with Gasteiger partial charge in [0.25, 0.3) is 0 Å². The summed E-state index contributed by atoms with van der Waals surface area (Å²) in [5.74, 6) is 0. The summed E-state index contributed by atoms with van der Waals surface area (Å²) < 4.78 is 3.37. The molecular formula is C12H13BrN2. The van der Waals surface area contributed by atoms with E-state index in [4.69, 9.17) is 5.73 Å². The van der Waals surface area contributed by atoms with E-state index in [0.717, 1.165) is 17.3 Å². The van der Waals surface area contributed by atoms with E-state index in [0.29, 0.717) is 0 Å². The minimum Gasteiger partial charge on any atom is -0.346 e. The van der Waals surface area contributed by atoms with E-state index in [1.165, 1.54) is 22.2 Å². The van der Waals surface area contributed by atoms with Gasteiger partial charge in [0.05, 0.1) is 0 Å². The highest BCUT2D eigenvalue weighted by Crippen LogP contribution is 2.37. The van der Waals surface area contributed by atoms with Gasteiger partial charge in [0.15, 0.2) is 0 Å². The zero-order chi connectivity index (χ0) is 10.6. The third-order valence-electron chi connectivity index (χ3n) is 3.37. The lowest BCUT2D eigenvalue weighted by Crippen LogP contribution is -2.10. The first-order chi connectivity index (χ1) is 7.18. The Hall–Kier alpha value is -0.800. The molecule has 1 unspecified atom stereocenters. The first kappa shape index (κ1) is 9.43. The van der Waals surface area contributed by atoms with Crippen molar-refractivity contribution in [1.82, 2.24) is 4.57 Å². The Labute approximate surface area is 97.2 Å². The Morgan fingerprint density at radius 2 is 2.27 bits per heavy atom. The van der Waals surface area contributed by atoms with Crippen LogP contribution in [0.1, 0.15) is 23.7 Å². The lowest BCUT2D eigenvalue weighted by atomic mass is 10.1. The highest BCUT2D eigenvalue weighted by Gasteiger charge is 2.25. The molecule has 0 fully saturated rings. The van der Waals surface area contributed by atoms with Crippen molar-refractivity contribution in [3.8, 4) is 0 Å². The Kier molecular flexibility index (Phi) is 1.94. The maximum atomic E-state index is 6.12. The third-order valence-corrected chi connectivity index (χ3v) is 3.87. The Morgan fingerprint density at radius 1 is 1.47 bits per heavy atom. The van der Waals surface area contributed by atoms with Gasteiger partial charge in [-0.05, 0) is 30.5 Å². The summed E-state index contributed by atoms with van der Waals surface area (Å²) in [6.07, 6.45) is 2.21. The molecule has 1 aromatic carbocycles. The van der Waals surface area contributed by atoms with Crippen LogP contribution >= 0.6 is 15.9 Å². The summed E-state index contributed by atoms with van der Waals surface area (Å²) in [6.45, 7) is 0. The molecule has 1 aromatic heterocycles. The van der Waals surface area contributed by atoms with Gasteiger partial charge < -0.3 is 10.3 Å². The Balaban J connectivity index is 2.42. The van der Waals surface area contributed by atoms with Gasteiger partial charge in [-0.1, -0.05) is 22.0 Å². The van der Waals surface area contributed by atoms with Gasteiger partial charge in [-0.3, -0.25) is 0 Å². The summed E-state index contributed by atoms with van der Waals surface area (Å²) in [5, 5.41) is 1.36. The molecule has 2 aromatic rings. The highest BCUT2D eigenvalue weighted by molar-refractivity contribution is 9.10. The number of halogens is 1. The van der Waals surface area contributed by atoms with Crippen molar-refractivity contribution in [1.29, 1.82) is 0 Å². The highest BCUT2D eigenvalue weighted by atomic mass is 79.9. The zero-order valence-electron chi connectivity index (χ0n) is 8.63. The van der Waals surface area contributed by atoms with Gasteiger partial charge in [0.1, 0.15) is 0 Å². The third kappa shape index (κ3) is 1.20. The second kappa shape index (κ2) is 3.09. The molecule has 0 aliphatic heterocycles. The summed E-state index contributed by atoms with van der Waals surface area (Å²) in [5.41, 5.74) is 10.2. The summed E-state index contributed by atoms with van der Waals surface area (Å²) in [7, 11) is 2.11. The topological polar surface area (TPSA) is 30.9 Å². The van der Waals surface area contributed by atoms with Crippen LogP contribution in [-0.2, 0) is 13.5 Å². The number of nitrogens with two attached hydrogens (primary N) is 1. The van der Waals surface area contributed by atoms with Crippen LogP contribution in [-0.4, -0.2) is 4.57 Å². The normalized spacial score (nSPS) is 19.8. The molecule has 0 bridgehead atoms. The largest absolute Gasteiger partial charge is 0.346 e. The van der Waals surface area contributed by atoms with E-state index >= 15 is 0 Å². The van der Waals surface area contributed by atoms with E-state index in [-0.39, 0.29) is 6.04 Å². The minimum atomic E-state index is 0.219. The predicted molar refractivity (Wildman–Crippen MR) is 65.9 cm³/mol. The van der Waals surface area contributed by atoms with E-state index in [1.54, 1.807) is 0 Å². The molecule has 2 nitrogen and oxygen atoms in total. The molecule has 1 aliphatic carbocycles. The average Bonchev–Trinajstić information content (AvgIpc) is 2.70. The average molecular weight is 265 g/mol. The van der Waals surface area contributed by atoms with Gasteiger partial charge in [-0.15, -0.1) is 0 Å². The number of benzene rings is 1. The number of nitrogens with zero attached hydrogens (tertiary/aromatic N) is 1. The van der Waals surface area contributed by atoms with E-state index in [1.807, 2.05) is 0 Å². The van der Waals surface area contributed by atoms with Crippen LogP contribution in [0.5, 0.6) is 0 Å². The van der Waals surface area contributed by atoms with Gasteiger partial charge >= 0.3 is 0 Å². The van der Waals surface area contributed by atoms with Crippen LogP contribution in [0.4, 0.5) is 0 Å². The molecule has 3 heteroatoms. The minimum absolute atomic E-state index is 0.219. The fraction of sp³-hybridized carbons (Fsp3) is 0.333. The number of hydrogen-bond donors (Lipinski definition) is 1. The van der Waals surface area contributed by atoms with Crippen molar-refractivity contribution in [3.63, 3.8) is 0 Å². The van der Waals surface area contributed by atoms with Crippen LogP contribution in [0.25, 0.3) is 10.9 Å². The fourth-order valence-corrected chi connectivity index (χ4v) is 3.03. The summed E-state index contributed by atoms with van der Waals surface area (Å²) in [6, 6.07) is 6.68. The molecule has 0 amide bonds. The SMILES string of the molecule is Cn1c2c(c3ccc(Br)cc31)CCC2N. The maximum Gasteiger partial charge on any atom is 0.0494 e. The number of aromatic nitrogens is 1. The number of fused-ring (bicyclic) bond motifs is 3. The smallest absolute Gasteiger partial charge is 0.0494 e. The van der Waals surface area contributed by atoms with E-state index in [9.17, 15) is 0 Å². The van der Waals surface area contributed by atoms with E-state index < -0.39 is 0 Å². The first-order valence-electron chi connectivity index (χ1n) is 5.21. The zero-order valence-corrected chi connectivity index (χ0v) is 10.2. The van der Waals surface area contributed by atoms with Crippen molar-refractivity contribution < 1.29 is 0 Å². The molecule has 0 saturated carbocycles. The maximum absolute atomic E-state index is 6.12. The molecule has 78 valence electrons. The second-order valence-electron chi connectivity index (χ2n) is 4.23. The quantitative estimate of drug-likeness (QED) is 0.780. The monoisotopic (exact) mass is 264 g/mol. The van der Waals surface area contributed by atoms with Crippen LogP contribution in [0, 0.1) is 0 Å². The molecule has 1 heterocycles. The number of rotatable bonds is 0. The molecule has 0 saturated heterocycles. The van der Waals surface area contributed by atoms with Crippen LogP contribution < -0.4 is 5.73 Å². The van der Waals surface area contributed by atoms with Gasteiger partial charge in [0.2, 0.25) is 0 Å². The van der Waals surface area contributed by atoms with Crippen molar-refractivity contribution in [3.05, 3.63) is 33.9 Å². The summed E-state index contributed by atoms with van der Waals surface area (Å²) >= 11 is 3.51. The van der Waals surface area contributed by atoms with Gasteiger partial charge in [0, 0.05) is 34.2 Å². The molecule has 2 N–H and O–H groups in total. The van der Waals surface area contributed by atoms with Crippen LogP contribution in [0.3, 0.4) is 0 Å². The lowest BCUT2D eigenvalue weighted by molar-refractivity contribution is 0.668. The fourth-order valence-electron chi connectivity index (χ4n) is 2.68. The molecule has 1 aliphatic rings. The van der Waals surface area contributed by atoms with Crippen molar-refractivity contribution in [2.24, 2.45) is 12.8 Å². The van der Waals surface area contributed by atoms with Gasteiger partial charge in [-0.2, -0.15) is 0 Å². The van der Waals surface area contributed by atoms with Crippen molar-refractivity contribution in [2.75, 3.05) is 0 Å². The van der Waals surface area contributed by atoms with Crippen LogP contribution in [0.2, 0.25) is 0 Å². The Morgan fingerprint density at radius 3 is 3.07 bits per heavy atom. The van der Waals surface area contributed by atoms with E-state index in [2.05, 4.69) is 45.7 Å². The molecular weight excluding hydrogens is 252 g/mol. The van der Waals surface area contributed by atoms with Gasteiger partial charge in [-0.25, -0.2) is 0 Å². The van der Waals surface area contributed by atoms with Crippen molar-refractivity contribution >= 4 is 26.8 Å². The van der Waals surface area contributed by atoms with Crippen LogP contribution in [0.15, 0.2) is 22.7 Å². The molecule has 0 radical (unpaired) electrons. The Bertz CT molecular complexity index is 542. The molecule has 15 heavy (non-hydrogen) atoms. The molecule has 1 atom stereocenters. The predicted octanol–water partition coefficient (Wildman–Crippen LogP) is 2.89. The standard InChI is InChI=1S/C12H13BrN2/c1-15-11-6-7(13)2-3-8(11)9-4-5-10(14)12(9)15/h2-3,6,10H,4-5,14H2,1H3. The first-order valence-corrected chi connectivity index (χ1v) is 6.00. The summed E-state index contributed by atoms with van der Waals surface area (Å²) in [4.78, 5) is 0. The second-order valence-corrected chi connectivity index (χ2v) is 5.15. The number of aryl methyl sites for hydroxylation is 2. The van der Waals surface area contributed by atoms with Crippen molar-refractivity contribution in [2.45, 2.75) is 18.9 Å². The lowest BCUT2D eigenvalue weighted by Gasteiger charge is -2.07. The molecule has 0 spiro atoms. The number of hydrogen-bond acceptors (Lipinski definition) is 1. The molecule has 3 rings (SSSR count).